The van der Waals surface area contributed by atoms with Crippen molar-refractivity contribution < 1.29 is 19.3 Å². The summed E-state index contributed by atoms with van der Waals surface area (Å²) in [7, 11) is 0. The lowest BCUT2D eigenvalue weighted by Crippen LogP contribution is -2.41. The Morgan fingerprint density at radius 2 is 2.16 bits per heavy atom. The Balaban J connectivity index is 1.71. The average Bonchev–Trinajstić information content (AvgIpc) is 3.20. The molecule has 1 atom stereocenters. The first-order chi connectivity index (χ1) is 12.0. The second-order valence-electron chi connectivity index (χ2n) is 6.15. The fourth-order valence-electron chi connectivity index (χ4n) is 2.93. The van der Waals surface area contributed by atoms with Gasteiger partial charge in [-0.15, -0.1) is 0 Å². The smallest absolute Gasteiger partial charge is 0.410 e. The van der Waals surface area contributed by atoms with Crippen LogP contribution in [0.15, 0.2) is 29.4 Å². The highest BCUT2D eigenvalue weighted by Gasteiger charge is 2.37. The van der Waals surface area contributed by atoms with E-state index in [-0.39, 0.29) is 11.9 Å². The Morgan fingerprint density at radius 3 is 2.80 bits per heavy atom. The number of aryl methyl sites for hydroxylation is 1. The number of benzene rings is 1. The van der Waals surface area contributed by atoms with E-state index in [9.17, 15) is 14.9 Å². The van der Waals surface area contributed by atoms with E-state index in [4.69, 9.17) is 9.47 Å². The van der Waals surface area contributed by atoms with Gasteiger partial charge in [-0.05, 0) is 25.5 Å². The highest BCUT2D eigenvalue weighted by molar-refractivity contribution is 5.96. The third-order valence-corrected chi connectivity index (χ3v) is 4.24. The zero-order chi connectivity index (χ0) is 17.8. The normalized spacial score (nSPS) is 21.8. The summed E-state index contributed by atoms with van der Waals surface area (Å²) in [6.45, 7) is 4.59. The molecule has 1 aromatic carbocycles. The van der Waals surface area contributed by atoms with E-state index < -0.39 is 11.1 Å². The van der Waals surface area contributed by atoms with Crippen molar-refractivity contribution in [3.05, 3.63) is 39.9 Å². The van der Waals surface area contributed by atoms with Crippen molar-refractivity contribution in [2.75, 3.05) is 32.8 Å². The van der Waals surface area contributed by atoms with Crippen LogP contribution in [-0.2, 0) is 4.74 Å². The summed E-state index contributed by atoms with van der Waals surface area (Å²) in [5.41, 5.74) is 1.04. The van der Waals surface area contributed by atoms with Crippen molar-refractivity contribution in [2.24, 2.45) is 11.0 Å². The van der Waals surface area contributed by atoms with Gasteiger partial charge in [0.2, 0.25) is 0 Å². The van der Waals surface area contributed by atoms with E-state index in [2.05, 4.69) is 5.10 Å². The standard InChI is InChI=1S/C16H20N4O5/c1-12-2-4-14(5-3-12)25-16(21)19-8-7-18(15(19)17-20(22)23)10-13-6-9-24-11-13/h2-5,13H,6-11H2,1H3. The van der Waals surface area contributed by atoms with Gasteiger partial charge in [-0.2, -0.15) is 0 Å². The van der Waals surface area contributed by atoms with Gasteiger partial charge in [0, 0.05) is 25.6 Å². The Hall–Kier alpha value is -2.68. The van der Waals surface area contributed by atoms with E-state index in [0.717, 1.165) is 12.0 Å². The van der Waals surface area contributed by atoms with Crippen molar-refractivity contribution in [3.8, 4) is 5.75 Å². The molecule has 0 aromatic heterocycles. The predicted molar refractivity (Wildman–Crippen MR) is 88.8 cm³/mol. The lowest BCUT2D eigenvalue weighted by molar-refractivity contribution is -0.486. The Labute approximate surface area is 144 Å². The molecule has 1 aromatic rings. The Bertz CT molecular complexity index is 670. The molecule has 2 aliphatic rings. The van der Waals surface area contributed by atoms with Crippen LogP contribution in [0.25, 0.3) is 0 Å². The number of nitro groups is 1. The second kappa shape index (κ2) is 7.47. The van der Waals surface area contributed by atoms with Crippen LogP contribution in [0.5, 0.6) is 5.75 Å². The minimum Gasteiger partial charge on any atom is -0.410 e. The zero-order valence-corrected chi connectivity index (χ0v) is 14.0. The molecular weight excluding hydrogens is 328 g/mol. The van der Waals surface area contributed by atoms with E-state index in [1.165, 1.54) is 4.90 Å². The average molecular weight is 348 g/mol. The zero-order valence-electron chi connectivity index (χ0n) is 14.0. The molecule has 1 unspecified atom stereocenters. The highest BCUT2D eigenvalue weighted by Crippen LogP contribution is 2.20. The summed E-state index contributed by atoms with van der Waals surface area (Å²) in [5.74, 6) is 0.692. The minimum absolute atomic E-state index is 0.0222. The monoisotopic (exact) mass is 348 g/mol. The van der Waals surface area contributed by atoms with Gasteiger partial charge in [-0.1, -0.05) is 17.7 Å². The Morgan fingerprint density at radius 1 is 1.40 bits per heavy atom. The quantitative estimate of drug-likeness (QED) is 0.607. The number of hydrogen-bond acceptors (Lipinski definition) is 5. The molecule has 0 aliphatic carbocycles. The maximum absolute atomic E-state index is 12.4. The molecule has 0 N–H and O–H groups in total. The van der Waals surface area contributed by atoms with Gasteiger partial charge in [0.25, 0.3) is 5.96 Å². The van der Waals surface area contributed by atoms with Gasteiger partial charge in [0.1, 0.15) is 10.9 Å². The highest BCUT2D eigenvalue weighted by atomic mass is 16.7. The van der Waals surface area contributed by atoms with Crippen LogP contribution < -0.4 is 4.74 Å². The van der Waals surface area contributed by atoms with E-state index in [1.54, 1.807) is 17.0 Å². The Kier molecular flexibility index (Phi) is 5.13. The molecule has 0 saturated carbocycles. The third-order valence-electron chi connectivity index (χ3n) is 4.24. The number of amides is 1. The number of guanidine groups is 1. The molecule has 2 heterocycles. The second-order valence-corrected chi connectivity index (χ2v) is 6.15. The van der Waals surface area contributed by atoms with Crippen LogP contribution in [0.3, 0.4) is 0 Å². The first-order valence-electron chi connectivity index (χ1n) is 8.14. The van der Waals surface area contributed by atoms with Crippen molar-refractivity contribution in [2.45, 2.75) is 13.3 Å². The molecule has 0 radical (unpaired) electrons. The summed E-state index contributed by atoms with van der Waals surface area (Å²) in [6, 6.07) is 7.01. The maximum Gasteiger partial charge on any atom is 0.422 e. The van der Waals surface area contributed by atoms with Crippen LogP contribution in [0.4, 0.5) is 4.79 Å². The summed E-state index contributed by atoms with van der Waals surface area (Å²) in [6.07, 6.45) is 0.227. The van der Waals surface area contributed by atoms with E-state index in [0.29, 0.717) is 38.6 Å². The molecule has 2 fully saturated rings. The van der Waals surface area contributed by atoms with Crippen LogP contribution in [0, 0.1) is 23.0 Å². The number of nitrogens with zero attached hydrogens (tertiary/aromatic N) is 4. The summed E-state index contributed by atoms with van der Waals surface area (Å²) < 4.78 is 10.7. The number of hydrogen-bond donors (Lipinski definition) is 0. The molecule has 9 heteroatoms. The van der Waals surface area contributed by atoms with Gasteiger partial charge in [-0.3, -0.25) is 0 Å². The number of carbonyl (C=O) groups is 1. The molecule has 1 amide bonds. The molecule has 0 bridgehead atoms. The fraction of sp³-hybridized carbons (Fsp3) is 0.500. The number of rotatable bonds is 4. The number of ether oxygens (including phenoxy) is 2. The third kappa shape index (κ3) is 4.24. The molecule has 9 nitrogen and oxygen atoms in total. The van der Waals surface area contributed by atoms with Gasteiger partial charge >= 0.3 is 6.09 Å². The van der Waals surface area contributed by atoms with Crippen molar-refractivity contribution in [3.63, 3.8) is 0 Å². The molecule has 25 heavy (non-hydrogen) atoms. The summed E-state index contributed by atoms with van der Waals surface area (Å²) >= 11 is 0. The summed E-state index contributed by atoms with van der Waals surface area (Å²) in [4.78, 5) is 26.3. The van der Waals surface area contributed by atoms with E-state index in [1.807, 2.05) is 19.1 Å². The van der Waals surface area contributed by atoms with Crippen LogP contribution in [0.1, 0.15) is 12.0 Å². The summed E-state index contributed by atoms with van der Waals surface area (Å²) in [5, 5.41) is 13.5. The first kappa shape index (κ1) is 17.2. The van der Waals surface area contributed by atoms with Gasteiger partial charge < -0.3 is 14.4 Å². The lowest BCUT2D eigenvalue weighted by atomic mass is 10.1. The maximum atomic E-state index is 12.4. The minimum atomic E-state index is -0.787. The fourth-order valence-corrected chi connectivity index (χ4v) is 2.93. The largest absolute Gasteiger partial charge is 0.422 e. The van der Waals surface area contributed by atoms with Crippen molar-refractivity contribution in [1.82, 2.24) is 9.80 Å². The number of carbonyl (C=O) groups excluding carboxylic acids is 1. The molecule has 3 rings (SSSR count). The molecule has 0 spiro atoms. The lowest BCUT2D eigenvalue weighted by Gasteiger charge is -2.21. The van der Waals surface area contributed by atoms with Crippen LogP contribution >= 0.6 is 0 Å². The molecule has 2 saturated heterocycles. The van der Waals surface area contributed by atoms with Gasteiger partial charge in [0.05, 0.1) is 13.2 Å². The van der Waals surface area contributed by atoms with Crippen molar-refractivity contribution >= 4 is 12.1 Å². The van der Waals surface area contributed by atoms with Crippen LogP contribution in [-0.4, -0.2) is 59.7 Å². The van der Waals surface area contributed by atoms with Crippen molar-refractivity contribution in [1.29, 1.82) is 0 Å². The molecular formula is C16H20N4O5. The molecule has 2 aliphatic heterocycles. The van der Waals surface area contributed by atoms with Crippen LogP contribution in [0.2, 0.25) is 0 Å². The first-order valence-corrected chi connectivity index (χ1v) is 8.14. The topological polar surface area (TPSA) is 97.5 Å². The van der Waals surface area contributed by atoms with Gasteiger partial charge in [-0.25, -0.2) is 19.8 Å². The number of hydrazone groups is 1. The predicted octanol–water partition coefficient (Wildman–Crippen LogP) is 1.70. The van der Waals surface area contributed by atoms with Gasteiger partial charge in [0.15, 0.2) is 5.03 Å². The SMILES string of the molecule is Cc1ccc(OC(=O)N2CCN(CC3CCOC3)C2=N[N+](=O)[O-])cc1. The van der Waals surface area contributed by atoms with E-state index >= 15 is 0 Å². The molecule has 134 valence electrons.